The molecule has 5 rings (SSSR count). The molecule has 0 aliphatic carbocycles. The van der Waals surface area contributed by atoms with Gasteiger partial charge in [-0.15, -0.1) is 12.3 Å². The van der Waals surface area contributed by atoms with Gasteiger partial charge in [-0.05, 0) is 60.0 Å². The minimum absolute atomic E-state index is 0.0439. The van der Waals surface area contributed by atoms with Crippen LogP contribution in [0.3, 0.4) is 0 Å². The van der Waals surface area contributed by atoms with Crippen molar-refractivity contribution < 1.29 is 27.2 Å². The fourth-order valence-electron chi connectivity index (χ4n) is 5.55. The van der Waals surface area contributed by atoms with Crippen molar-refractivity contribution in [3.05, 3.63) is 101 Å². The van der Waals surface area contributed by atoms with Gasteiger partial charge in [-0.2, -0.15) is 0 Å². The molecule has 3 aromatic rings. The number of terminal acetylenes is 1. The van der Waals surface area contributed by atoms with Crippen molar-refractivity contribution in [1.29, 1.82) is 0 Å². The summed E-state index contributed by atoms with van der Waals surface area (Å²) in [7, 11) is -3.46. The molecule has 2 aliphatic heterocycles. The molecule has 3 heterocycles. The lowest BCUT2D eigenvalue weighted by Crippen LogP contribution is -2.50. The Balaban J connectivity index is 1.23. The second-order valence-corrected chi connectivity index (χ2v) is 13.1. The van der Waals surface area contributed by atoms with Gasteiger partial charge in [0.05, 0.1) is 18.2 Å². The monoisotopic (exact) mass is 630 g/mol. The number of carbonyl (C=O) groups is 3. The van der Waals surface area contributed by atoms with E-state index < -0.39 is 27.6 Å². The molecule has 2 aromatic carbocycles. The molecule has 0 bridgehead atoms. The minimum Gasteiger partial charge on any atom is -0.339 e. The maximum Gasteiger partial charge on any atom is 0.253 e. The van der Waals surface area contributed by atoms with Crippen molar-refractivity contribution in [1.82, 2.24) is 19.3 Å². The highest BCUT2D eigenvalue weighted by Gasteiger charge is 2.31. The highest BCUT2D eigenvalue weighted by molar-refractivity contribution is 7.94. The highest BCUT2D eigenvalue weighted by atomic mass is 32.2. The fourth-order valence-corrected chi connectivity index (χ4v) is 6.84. The van der Waals surface area contributed by atoms with Crippen LogP contribution in [-0.4, -0.2) is 83.4 Å². The molecule has 1 aromatic heterocycles. The standard InChI is InChI=1S/C34H35FN4O5S/c1-2-3-4-7-32(40)37-17-19-38(20-18-37)34(42)27-10-8-26(9-11-27)24-39(30-14-21-45(43,44)25-30)33(41)22-28-12-13-29(23-31(28)35)36-15-5-6-16-36/h1,5-6,8-16,21,23,30H,3-4,7,17-20,22,24-25H2. The number of benzene rings is 2. The number of hydrogen-bond acceptors (Lipinski definition) is 5. The first-order valence-corrected chi connectivity index (χ1v) is 16.6. The highest BCUT2D eigenvalue weighted by Crippen LogP contribution is 2.22. The summed E-state index contributed by atoms with van der Waals surface area (Å²) in [5, 5.41) is 1.11. The van der Waals surface area contributed by atoms with Crippen molar-refractivity contribution in [2.24, 2.45) is 0 Å². The Morgan fingerprint density at radius 3 is 2.29 bits per heavy atom. The van der Waals surface area contributed by atoms with Gasteiger partial charge in [0.1, 0.15) is 5.82 Å². The van der Waals surface area contributed by atoms with Gasteiger partial charge in [0, 0.05) is 74.6 Å². The lowest BCUT2D eigenvalue weighted by atomic mass is 10.1. The molecule has 1 atom stereocenters. The van der Waals surface area contributed by atoms with Gasteiger partial charge < -0.3 is 19.3 Å². The Labute approximate surface area is 262 Å². The first-order chi connectivity index (χ1) is 21.6. The zero-order valence-corrected chi connectivity index (χ0v) is 25.7. The summed E-state index contributed by atoms with van der Waals surface area (Å²) in [6, 6.07) is 14.4. The zero-order chi connectivity index (χ0) is 32.0. The molecule has 1 unspecified atom stereocenters. The van der Waals surface area contributed by atoms with Crippen molar-refractivity contribution >= 4 is 27.6 Å². The lowest BCUT2D eigenvalue weighted by Gasteiger charge is -2.35. The number of carbonyl (C=O) groups excluding carboxylic acids is 3. The SMILES string of the molecule is C#CCCCC(=O)N1CCN(C(=O)c2ccc(CN(C(=O)Cc3ccc(-n4cccc4)cc3F)C3C=CS(=O)(=O)C3)cc2)CC1. The smallest absolute Gasteiger partial charge is 0.253 e. The average molecular weight is 631 g/mol. The Bertz CT molecular complexity index is 1720. The van der Waals surface area contributed by atoms with Crippen LogP contribution in [0, 0.1) is 18.2 Å². The van der Waals surface area contributed by atoms with Gasteiger partial charge in [-0.25, -0.2) is 12.8 Å². The molecule has 3 amide bonds. The van der Waals surface area contributed by atoms with Gasteiger partial charge in [0.15, 0.2) is 9.84 Å². The summed E-state index contributed by atoms with van der Waals surface area (Å²) in [5.74, 6) is 1.24. The van der Waals surface area contributed by atoms with E-state index in [1.807, 2.05) is 12.1 Å². The summed E-state index contributed by atoms with van der Waals surface area (Å²) >= 11 is 0. The summed E-state index contributed by atoms with van der Waals surface area (Å²) in [4.78, 5) is 44.0. The molecule has 0 spiro atoms. The topological polar surface area (TPSA) is 100 Å². The normalized spacial score (nSPS) is 17.2. The van der Waals surface area contributed by atoms with E-state index in [4.69, 9.17) is 6.42 Å². The quantitative estimate of drug-likeness (QED) is 0.252. The molecule has 1 saturated heterocycles. The first-order valence-electron chi connectivity index (χ1n) is 14.8. The fraction of sp³-hybridized carbons (Fsp3) is 0.324. The van der Waals surface area contributed by atoms with Crippen LogP contribution in [0.15, 0.2) is 78.5 Å². The molecule has 2 aliphatic rings. The van der Waals surface area contributed by atoms with Gasteiger partial charge in [0.2, 0.25) is 11.8 Å². The third-order valence-electron chi connectivity index (χ3n) is 8.10. The van der Waals surface area contributed by atoms with Crippen LogP contribution in [-0.2, 0) is 32.4 Å². The molecule has 234 valence electrons. The van der Waals surface area contributed by atoms with Crippen LogP contribution < -0.4 is 0 Å². The summed E-state index contributed by atoms with van der Waals surface area (Å²) in [6.45, 7) is 1.86. The van der Waals surface area contributed by atoms with E-state index >= 15 is 4.39 Å². The Kier molecular flexibility index (Phi) is 9.83. The Morgan fingerprint density at radius 2 is 1.67 bits per heavy atom. The van der Waals surface area contributed by atoms with Crippen LogP contribution in [0.4, 0.5) is 4.39 Å². The first kappa shape index (κ1) is 31.7. The number of unbranched alkanes of at least 4 members (excludes halogenated alkanes) is 1. The van der Waals surface area contributed by atoms with Crippen LogP contribution in [0.25, 0.3) is 5.69 Å². The molecule has 45 heavy (non-hydrogen) atoms. The van der Waals surface area contributed by atoms with Crippen LogP contribution in [0.5, 0.6) is 0 Å². The predicted molar refractivity (Wildman–Crippen MR) is 168 cm³/mol. The third kappa shape index (κ3) is 7.88. The number of hydrogen-bond donors (Lipinski definition) is 0. The van der Waals surface area contributed by atoms with Crippen LogP contribution in [0.2, 0.25) is 0 Å². The van der Waals surface area contributed by atoms with E-state index in [9.17, 15) is 22.8 Å². The van der Waals surface area contributed by atoms with Gasteiger partial charge in [-0.1, -0.05) is 18.2 Å². The summed E-state index contributed by atoms with van der Waals surface area (Å²) in [5.41, 5.74) is 2.00. The van der Waals surface area contributed by atoms with E-state index in [0.717, 1.165) is 5.41 Å². The molecule has 1 fully saturated rings. The molecule has 0 radical (unpaired) electrons. The molecular weight excluding hydrogens is 595 g/mol. The predicted octanol–water partition coefficient (Wildman–Crippen LogP) is 3.59. The summed E-state index contributed by atoms with van der Waals surface area (Å²) in [6.07, 6.45) is 11.7. The van der Waals surface area contributed by atoms with Crippen molar-refractivity contribution in [2.45, 2.75) is 38.3 Å². The number of amides is 3. The number of piperazine rings is 1. The van der Waals surface area contributed by atoms with E-state index in [0.29, 0.717) is 62.3 Å². The lowest BCUT2D eigenvalue weighted by molar-refractivity contribution is -0.133. The van der Waals surface area contributed by atoms with Gasteiger partial charge in [0.25, 0.3) is 5.91 Å². The molecule has 9 nitrogen and oxygen atoms in total. The van der Waals surface area contributed by atoms with Gasteiger partial charge >= 0.3 is 0 Å². The number of halogens is 1. The van der Waals surface area contributed by atoms with E-state index in [-0.39, 0.29) is 36.1 Å². The second-order valence-electron chi connectivity index (χ2n) is 11.2. The summed E-state index contributed by atoms with van der Waals surface area (Å²) < 4.78 is 41.2. The average Bonchev–Trinajstić information content (AvgIpc) is 3.71. The van der Waals surface area contributed by atoms with Crippen molar-refractivity contribution in [2.75, 3.05) is 31.9 Å². The van der Waals surface area contributed by atoms with E-state index in [1.54, 1.807) is 63.2 Å². The number of sulfone groups is 1. The molecule has 0 N–H and O–H groups in total. The second kappa shape index (κ2) is 13.9. The van der Waals surface area contributed by atoms with E-state index in [1.165, 1.54) is 17.0 Å². The zero-order valence-electron chi connectivity index (χ0n) is 24.8. The maximum absolute atomic E-state index is 15.0. The number of nitrogens with zero attached hydrogens (tertiary/aromatic N) is 4. The number of rotatable bonds is 10. The molecule has 11 heteroatoms. The van der Waals surface area contributed by atoms with Crippen molar-refractivity contribution in [3.63, 3.8) is 0 Å². The largest absolute Gasteiger partial charge is 0.339 e. The third-order valence-corrected chi connectivity index (χ3v) is 9.48. The van der Waals surface area contributed by atoms with Crippen molar-refractivity contribution in [3.8, 4) is 18.0 Å². The minimum atomic E-state index is -3.46. The van der Waals surface area contributed by atoms with Crippen LogP contribution >= 0.6 is 0 Å². The Hall–Kier alpha value is -4.69. The van der Waals surface area contributed by atoms with Crippen LogP contribution in [0.1, 0.15) is 40.7 Å². The van der Waals surface area contributed by atoms with E-state index in [2.05, 4.69) is 5.92 Å². The molecular formula is C34H35FN4O5S. The number of aromatic nitrogens is 1. The maximum atomic E-state index is 15.0. The molecule has 0 saturated carbocycles. The Morgan fingerprint density at radius 1 is 0.978 bits per heavy atom. The van der Waals surface area contributed by atoms with Gasteiger partial charge in [-0.3, -0.25) is 14.4 Å².